The number of imidazole rings is 1. The first-order chi connectivity index (χ1) is 11.6. The Morgan fingerprint density at radius 2 is 1.96 bits per heavy atom. The average Bonchev–Trinajstić information content (AvgIpc) is 3.18. The van der Waals surface area contributed by atoms with Crippen molar-refractivity contribution in [3.05, 3.63) is 42.5 Å². The normalized spacial score (nSPS) is 17.6. The third-order valence-electron chi connectivity index (χ3n) is 4.66. The number of likely N-dealkylation sites (tertiary alicyclic amines) is 1. The molecule has 1 saturated heterocycles. The summed E-state index contributed by atoms with van der Waals surface area (Å²) in [6.07, 6.45) is 4.48. The van der Waals surface area contributed by atoms with Gasteiger partial charge in [0.05, 0.1) is 11.7 Å². The summed E-state index contributed by atoms with van der Waals surface area (Å²) in [6.45, 7) is 5.15. The van der Waals surface area contributed by atoms with Crippen molar-refractivity contribution in [3.8, 4) is 11.3 Å². The number of nitrogens with zero attached hydrogens (tertiary/aromatic N) is 5. The van der Waals surface area contributed by atoms with E-state index in [1.165, 1.54) is 0 Å². The van der Waals surface area contributed by atoms with E-state index in [0.717, 1.165) is 47.8 Å². The summed E-state index contributed by atoms with van der Waals surface area (Å²) in [7, 11) is 0. The van der Waals surface area contributed by atoms with Crippen molar-refractivity contribution in [2.24, 2.45) is 0 Å². The molecule has 24 heavy (non-hydrogen) atoms. The van der Waals surface area contributed by atoms with Crippen molar-refractivity contribution in [1.82, 2.24) is 24.4 Å². The number of pyridine rings is 2. The van der Waals surface area contributed by atoms with Crippen LogP contribution in [0.2, 0.25) is 0 Å². The molecule has 0 bridgehead atoms. The SMILES string of the molecule is CC(=O)N1CC[C@H](n2c(C)nc3ccc(-c4ccncc4)nc32)C1. The third-order valence-corrected chi connectivity index (χ3v) is 4.66. The highest BCUT2D eigenvalue weighted by molar-refractivity contribution is 5.76. The van der Waals surface area contributed by atoms with Crippen molar-refractivity contribution >= 4 is 17.1 Å². The van der Waals surface area contributed by atoms with Crippen LogP contribution in [-0.4, -0.2) is 43.4 Å². The number of rotatable bonds is 2. The van der Waals surface area contributed by atoms with Gasteiger partial charge in [0.25, 0.3) is 0 Å². The van der Waals surface area contributed by atoms with Crippen LogP contribution in [0, 0.1) is 6.92 Å². The van der Waals surface area contributed by atoms with Gasteiger partial charge in [0.2, 0.25) is 5.91 Å². The molecular formula is C18H19N5O. The Kier molecular flexibility index (Phi) is 3.52. The van der Waals surface area contributed by atoms with Gasteiger partial charge in [-0.05, 0) is 37.6 Å². The molecule has 0 saturated carbocycles. The van der Waals surface area contributed by atoms with Crippen LogP contribution in [0.3, 0.4) is 0 Å². The molecule has 0 unspecified atom stereocenters. The van der Waals surface area contributed by atoms with Gasteiger partial charge < -0.3 is 9.47 Å². The molecule has 1 atom stereocenters. The molecule has 1 fully saturated rings. The van der Waals surface area contributed by atoms with Gasteiger partial charge in [0, 0.05) is 38.0 Å². The highest BCUT2D eigenvalue weighted by Crippen LogP contribution is 2.28. The van der Waals surface area contributed by atoms with Crippen LogP contribution >= 0.6 is 0 Å². The second kappa shape index (κ2) is 5.70. The van der Waals surface area contributed by atoms with Crippen molar-refractivity contribution in [1.29, 1.82) is 0 Å². The predicted octanol–water partition coefficient (Wildman–Crippen LogP) is 2.60. The second-order valence-corrected chi connectivity index (χ2v) is 6.21. The fourth-order valence-electron chi connectivity index (χ4n) is 3.45. The lowest BCUT2D eigenvalue weighted by Crippen LogP contribution is -2.26. The summed E-state index contributed by atoms with van der Waals surface area (Å²) in [5.41, 5.74) is 3.73. The molecule has 1 aliphatic rings. The van der Waals surface area contributed by atoms with Crippen LogP contribution in [0.1, 0.15) is 25.2 Å². The maximum absolute atomic E-state index is 11.6. The maximum Gasteiger partial charge on any atom is 0.219 e. The summed E-state index contributed by atoms with van der Waals surface area (Å²) >= 11 is 0. The molecule has 3 aromatic heterocycles. The molecule has 1 aliphatic heterocycles. The minimum atomic E-state index is 0.130. The number of aryl methyl sites for hydroxylation is 1. The number of hydrogen-bond acceptors (Lipinski definition) is 4. The fraction of sp³-hybridized carbons (Fsp3) is 0.333. The number of carbonyl (C=O) groups excluding carboxylic acids is 1. The van der Waals surface area contributed by atoms with Crippen LogP contribution in [0.15, 0.2) is 36.7 Å². The number of aromatic nitrogens is 4. The lowest BCUT2D eigenvalue weighted by atomic mass is 10.2. The number of carbonyl (C=O) groups is 1. The first-order valence-electron chi connectivity index (χ1n) is 8.15. The molecule has 4 rings (SSSR count). The second-order valence-electron chi connectivity index (χ2n) is 6.21. The van der Waals surface area contributed by atoms with E-state index in [4.69, 9.17) is 4.98 Å². The summed E-state index contributed by atoms with van der Waals surface area (Å²) in [6, 6.07) is 8.15. The molecule has 3 aromatic rings. The summed E-state index contributed by atoms with van der Waals surface area (Å²) in [5.74, 6) is 1.07. The topological polar surface area (TPSA) is 63.9 Å². The van der Waals surface area contributed by atoms with Gasteiger partial charge in [-0.3, -0.25) is 9.78 Å². The molecule has 0 radical (unpaired) electrons. The van der Waals surface area contributed by atoms with Gasteiger partial charge in [-0.25, -0.2) is 9.97 Å². The van der Waals surface area contributed by atoms with Gasteiger partial charge in [0.15, 0.2) is 5.65 Å². The number of hydrogen-bond donors (Lipinski definition) is 0. The number of fused-ring (bicyclic) bond motifs is 1. The fourth-order valence-corrected chi connectivity index (χ4v) is 3.45. The van der Waals surface area contributed by atoms with E-state index < -0.39 is 0 Å². The first-order valence-corrected chi connectivity index (χ1v) is 8.15. The first kappa shape index (κ1) is 14.8. The van der Waals surface area contributed by atoms with Crippen LogP contribution in [-0.2, 0) is 4.79 Å². The highest BCUT2D eigenvalue weighted by Gasteiger charge is 2.28. The molecule has 6 heteroatoms. The molecule has 0 spiro atoms. The zero-order chi connectivity index (χ0) is 16.7. The van der Waals surface area contributed by atoms with E-state index in [9.17, 15) is 4.79 Å². The number of amides is 1. The van der Waals surface area contributed by atoms with E-state index >= 15 is 0 Å². The van der Waals surface area contributed by atoms with E-state index in [1.54, 1.807) is 19.3 Å². The molecule has 4 heterocycles. The molecule has 6 nitrogen and oxygen atoms in total. The molecule has 1 amide bonds. The van der Waals surface area contributed by atoms with E-state index in [0.29, 0.717) is 0 Å². The van der Waals surface area contributed by atoms with Gasteiger partial charge in [-0.2, -0.15) is 0 Å². The van der Waals surface area contributed by atoms with Gasteiger partial charge in [-0.15, -0.1) is 0 Å². The minimum absolute atomic E-state index is 0.130. The van der Waals surface area contributed by atoms with Gasteiger partial charge >= 0.3 is 0 Å². The Balaban J connectivity index is 1.78. The lowest BCUT2D eigenvalue weighted by Gasteiger charge is -2.16. The molecule has 0 aliphatic carbocycles. The van der Waals surface area contributed by atoms with Crippen molar-refractivity contribution in [2.45, 2.75) is 26.3 Å². The molecule has 0 aromatic carbocycles. The summed E-state index contributed by atoms with van der Waals surface area (Å²) < 4.78 is 2.18. The zero-order valence-electron chi connectivity index (χ0n) is 13.8. The Morgan fingerprint density at radius 1 is 1.17 bits per heavy atom. The van der Waals surface area contributed by atoms with E-state index in [1.807, 2.05) is 36.1 Å². The third kappa shape index (κ3) is 2.44. The summed E-state index contributed by atoms with van der Waals surface area (Å²) in [5, 5.41) is 0. The van der Waals surface area contributed by atoms with Crippen LogP contribution in [0.5, 0.6) is 0 Å². The predicted molar refractivity (Wildman–Crippen MR) is 91.4 cm³/mol. The van der Waals surface area contributed by atoms with Gasteiger partial charge in [0.1, 0.15) is 11.3 Å². The zero-order valence-corrected chi connectivity index (χ0v) is 13.8. The van der Waals surface area contributed by atoms with Gasteiger partial charge in [-0.1, -0.05) is 0 Å². The minimum Gasteiger partial charge on any atom is -0.341 e. The monoisotopic (exact) mass is 321 g/mol. The van der Waals surface area contributed by atoms with Crippen LogP contribution < -0.4 is 0 Å². The Hall–Kier alpha value is -2.76. The van der Waals surface area contributed by atoms with Crippen molar-refractivity contribution in [2.75, 3.05) is 13.1 Å². The lowest BCUT2D eigenvalue weighted by molar-refractivity contribution is -0.127. The van der Waals surface area contributed by atoms with Crippen LogP contribution in [0.25, 0.3) is 22.4 Å². The van der Waals surface area contributed by atoms with Crippen molar-refractivity contribution < 1.29 is 4.79 Å². The standard InChI is InChI=1S/C18H19N5O/c1-12-20-17-4-3-16(14-5-8-19-9-6-14)21-18(17)23(12)15-7-10-22(11-15)13(2)24/h3-6,8-9,15H,7,10-11H2,1-2H3/t15-/m0/s1. The Morgan fingerprint density at radius 3 is 2.67 bits per heavy atom. The summed E-state index contributed by atoms with van der Waals surface area (Å²) in [4.78, 5) is 27.1. The maximum atomic E-state index is 11.6. The highest BCUT2D eigenvalue weighted by atomic mass is 16.2. The molecular weight excluding hydrogens is 302 g/mol. The molecule has 0 N–H and O–H groups in total. The van der Waals surface area contributed by atoms with E-state index in [-0.39, 0.29) is 11.9 Å². The molecule has 122 valence electrons. The largest absolute Gasteiger partial charge is 0.341 e. The quantitative estimate of drug-likeness (QED) is 0.728. The van der Waals surface area contributed by atoms with E-state index in [2.05, 4.69) is 14.5 Å². The smallest absolute Gasteiger partial charge is 0.219 e. The Bertz CT molecular complexity index is 902. The van der Waals surface area contributed by atoms with Crippen molar-refractivity contribution in [3.63, 3.8) is 0 Å². The van der Waals surface area contributed by atoms with Crippen LogP contribution in [0.4, 0.5) is 0 Å². The average molecular weight is 321 g/mol. The Labute approximate surface area is 140 Å².